The Morgan fingerprint density at radius 3 is 2.74 bits per heavy atom. The molecule has 140 valence electrons. The third-order valence-corrected chi connectivity index (χ3v) is 4.10. The van der Waals surface area contributed by atoms with Crippen LogP contribution in [0.25, 0.3) is 0 Å². The molecule has 1 aliphatic rings. The summed E-state index contributed by atoms with van der Waals surface area (Å²) in [4.78, 5) is 24.4. The molecule has 8 heteroatoms. The summed E-state index contributed by atoms with van der Waals surface area (Å²) in [6, 6.07) is 12.6. The fraction of sp³-hybridized carbons (Fsp3) is 0.263. The van der Waals surface area contributed by atoms with Crippen LogP contribution in [0.1, 0.15) is 28.4 Å². The number of ether oxygens (including phenoxy) is 2. The van der Waals surface area contributed by atoms with Gasteiger partial charge in [0.25, 0.3) is 5.91 Å². The normalized spacial score (nSPS) is 12.4. The average molecular weight is 369 g/mol. The van der Waals surface area contributed by atoms with E-state index in [1.807, 2.05) is 30.3 Å². The molecule has 3 rings (SSSR count). The van der Waals surface area contributed by atoms with Crippen molar-refractivity contribution in [2.75, 3.05) is 13.2 Å². The molecule has 0 saturated heterocycles. The number of hydrogen-bond acceptors (Lipinski definition) is 6. The summed E-state index contributed by atoms with van der Waals surface area (Å²) in [5.74, 6) is -0.762. The minimum Gasteiger partial charge on any atom is -0.493 e. The van der Waals surface area contributed by atoms with Gasteiger partial charge >= 0.3 is 13.1 Å². The summed E-state index contributed by atoms with van der Waals surface area (Å²) < 4.78 is 15.9. The molecule has 2 aromatic carbocycles. The molecule has 0 aromatic heterocycles. The SMILES string of the molecule is CCOc1c(C(=O)NCC(=O)OCc2ccccc2)ccc2c1B(O)OC2. The minimum atomic E-state index is -1.13. The highest BCUT2D eigenvalue weighted by Crippen LogP contribution is 2.23. The first-order valence-electron chi connectivity index (χ1n) is 8.66. The quantitative estimate of drug-likeness (QED) is 0.553. The predicted octanol–water partition coefficient (Wildman–Crippen LogP) is 0.776. The minimum absolute atomic E-state index is 0.141. The molecule has 0 fully saturated rings. The van der Waals surface area contributed by atoms with Crippen LogP contribution >= 0.6 is 0 Å². The smallest absolute Gasteiger partial charge is 0.493 e. The predicted molar refractivity (Wildman–Crippen MR) is 98.6 cm³/mol. The van der Waals surface area contributed by atoms with Gasteiger partial charge in [-0.25, -0.2) is 0 Å². The maximum Gasteiger partial charge on any atom is 0.495 e. The molecule has 1 amide bonds. The van der Waals surface area contributed by atoms with Crippen molar-refractivity contribution in [3.05, 3.63) is 59.2 Å². The van der Waals surface area contributed by atoms with Gasteiger partial charge in [-0.1, -0.05) is 36.4 Å². The van der Waals surface area contributed by atoms with E-state index >= 15 is 0 Å². The second-order valence-corrected chi connectivity index (χ2v) is 5.94. The number of hydrogen-bond donors (Lipinski definition) is 2. The van der Waals surface area contributed by atoms with Gasteiger partial charge in [-0.2, -0.15) is 0 Å². The highest BCUT2D eigenvalue weighted by Gasteiger charge is 2.34. The van der Waals surface area contributed by atoms with E-state index in [9.17, 15) is 14.6 Å². The van der Waals surface area contributed by atoms with Crippen LogP contribution in [0.4, 0.5) is 0 Å². The number of amides is 1. The molecule has 2 aromatic rings. The molecule has 0 spiro atoms. The van der Waals surface area contributed by atoms with Crippen molar-refractivity contribution in [2.45, 2.75) is 20.1 Å². The maximum absolute atomic E-state index is 12.5. The van der Waals surface area contributed by atoms with Crippen molar-refractivity contribution >= 4 is 24.5 Å². The highest BCUT2D eigenvalue weighted by atomic mass is 16.5. The van der Waals surface area contributed by atoms with Crippen molar-refractivity contribution in [3.8, 4) is 5.75 Å². The molecule has 0 aliphatic carbocycles. The van der Waals surface area contributed by atoms with Crippen molar-refractivity contribution < 1.29 is 28.7 Å². The lowest BCUT2D eigenvalue weighted by Crippen LogP contribution is -2.35. The van der Waals surface area contributed by atoms with Crippen molar-refractivity contribution in [2.24, 2.45) is 0 Å². The van der Waals surface area contributed by atoms with E-state index in [-0.39, 0.29) is 31.1 Å². The number of carbonyl (C=O) groups excluding carboxylic acids is 2. The number of fused-ring (bicyclic) bond motifs is 1. The van der Waals surface area contributed by atoms with Gasteiger partial charge in [-0.05, 0) is 24.1 Å². The van der Waals surface area contributed by atoms with E-state index in [1.165, 1.54) is 0 Å². The van der Waals surface area contributed by atoms with Gasteiger partial charge in [0.15, 0.2) is 0 Å². The standard InChI is InChI=1S/C19H20BNO6/c1-2-25-18-15(9-8-14-12-27-20(24)17(14)18)19(23)21-10-16(22)26-11-13-6-4-3-5-7-13/h3-9,24H,2,10-12H2,1H3,(H,21,23). The average Bonchev–Trinajstić information content (AvgIpc) is 3.07. The Labute approximate surface area is 157 Å². The molecular formula is C19H20BNO6. The number of rotatable bonds is 7. The summed E-state index contributed by atoms with van der Waals surface area (Å²) in [6.45, 7) is 2.23. The first-order valence-corrected chi connectivity index (χ1v) is 8.66. The Bertz CT molecular complexity index is 826. The summed E-state index contributed by atoms with van der Waals surface area (Å²) in [7, 11) is -1.13. The molecule has 0 saturated carbocycles. The molecular weight excluding hydrogens is 349 g/mol. The van der Waals surface area contributed by atoms with Crippen LogP contribution in [0.3, 0.4) is 0 Å². The van der Waals surface area contributed by atoms with Gasteiger partial charge in [-0.15, -0.1) is 0 Å². The van der Waals surface area contributed by atoms with E-state index in [0.29, 0.717) is 12.1 Å². The fourth-order valence-corrected chi connectivity index (χ4v) is 2.80. The third kappa shape index (κ3) is 4.47. The lowest BCUT2D eigenvalue weighted by molar-refractivity contribution is -0.143. The maximum atomic E-state index is 12.5. The zero-order chi connectivity index (χ0) is 19.2. The molecule has 0 bridgehead atoms. The molecule has 0 radical (unpaired) electrons. The second kappa shape index (κ2) is 8.70. The molecule has 27 heavy (non-hydrogen) atoms. The number of esters is 1. The van der Waals surface area contributed by atoms with Crippen LogP contribution < -0.4 is 15.5 Å². The highest BCUT2D eigenvalue weighted by molar-refractivity contribution is 6.63. The van der Waals surface area contributed by atoms with Crippen molar-refractivity contribution in [3.63, 3.8) is 0 Å². The molecule has 7 nitrogen and oxygen atoms in total. The molecule has 1 aliphatic heterocycles. The molecule has 0 atom stereocenters. The van der Waals surface area contributed by atoms with Gasteiger partial charge in [0, 0.05) is 5.46 Å². The van der Waals surface area contributed by atoms with Gasteiger partial charge in [-0.3, -0.25) is 9.59 Å². The van der Waals surface area contributed by atoms with Gasteiger partial charge in [0.1, 0.15) is 18.9 Å². The lowest BCUT2D eigenvalue weighted by Gasteiger charge is -2.14. The van der Waals surface area contributed by atoms with Crippen molar-refractivity contribution in [1.29, 1.82) is 0 Å². The van der Waals surface area contributed by atoms with Crippen molar-refractivity contribution in [1.82, 2.24) is 5.32 Å². The molecule has 0 unspecified atom stereocenters. The fourth-order valence-electron chi connectivity index (χ4n) is 2.80. The largest absolute Gasteiger partial charge is 0.495 e. The Balaban J connectivity index is 1.62. The number of nitrogens with one attached hydrogen (secondary N) is 1. The van der Waals surface area contributed by atoms with E-state index in [0.717, 1.165) is 11.1 Å². The zero-order valence-electron chi connectivity index (χ0n) is 14.9. The van der Waals surface area contributed by atoms with Crippen LogP contribution in [0.15, 0.2) is 42.5 Å². The number of carbonyl (C=O) groups is 2. The summed E-state index contributed by atoms with van der Waals surface area (Å²) in [6.07, 6.45) is 0. The first kappa shape index (κ1) is 18.9. The zero-order valence-corrected chi connectivity index (χ0v) is 14.9. The van der Waals surface area contributed by atoms with E-state index in [2.05, 4.69) is 5.32 Å². The monoisotopic (exact) mass is 369 g/mol. The lowest BCUT2D eigenvalue weighted by atomic mass is 9.77. The van der Waals surface area contributed by atoms with E-state index in [1.54, 1.807) is 19.1 Å². The first-order chi connectivity index (χ1) is 13.1. The van der Waals surface area contributed by atoms with Gasteiger partial charge in [0.05, 0.1) is 18.8 Å². The van der Waals surface area contributed by atoms with E-state index in [4.69, 9.17) is 14.1 Å². The van der Waals surface area contributed by atoms with Crippen LogP contribution in [-0.2, 0) is 27.4 Å². The Hall–Kier alpha value is -2.84. The molecule has 2 N–H and O–H groups in total. The van der Waals surface area contributed by atoms with Crippen LogP contribution in [0.5, 0.6) is 5.75 Å². The van der Waals surface area contributed by atoms with Gasteiger partial charge < -0.3 is 24.5 Å². The Kier molecular flexibility index (Phi) is 6.10. The third-order valence-electron chi connectivity index (χ3n) is 4.10. The Morgan fingerprint density at radius 1 is 1.22 bits per heavy atom. The van der Waals surface area contributed by atoms with Crippen LogP contribution in [0.2, 0.25) is 0 Å². The van der Waals surface area contributed by atoms with Crippen LogP contribution in [-0.4, -0.2) is 37.2 Å². The Morgan fingerprint density at radius 2 is 2.00 bits per heavy atom. The second-order valence-electron chi connectivity index (χ2n) is 5.94. The van der Waals surface area contributed by atoms with Crippen LogP contribution in [0, 0.1) is 0 Å². The molecule has 1 heterocycles. The summed E-state index contributed by atoms with van der Waals surface area (Å²) in [5, 5.41) is 12.5. The summed E-state index contributed by atoms with van der Waals surface area (Å²) in [5.41, 5.74) is 2.32. The summed E-state index contributed by atoms with van der Waals surface area (Å²) >= 11 is 0. The number of benzene rings is 2. The topological polar surface area (TPSA) is 94.1 Å². The van der Waals surface area contributed by atoms with E-state index < -0.39 is 19.0 Å². The van der Waals surface area contributed by atoms with Gasteiger partial charge in [0.2, 0.25) is 0 Å².